The van der Waals surface area contributed by atoms with Gasteiger partial charge in [-0.2, -0.15) is 9.30 Å². The first-order chi connectivity index (χ1) is 14.3. The van der Waals surface area contributed by atoms with Gasteiger partial charge in [-0.15, -0.1) is 11.3 Å². The van der Waals surface area contributed by atoms with Crippen molar-refractivity contribution >= 4 is 48.8 Å². The topological polar surface area (TPSA) is 71.7 Å². The zero-order chi connectivity index (χ0) is 21.5. The highest BCUT2D eigenvalue weighted by molar-refractivity contribution is 7.91. The highest BCUT2D eigenvalue weighted by Crippen LogP contribution is 2.29. The minimum absolute atomic E-state index is 0.272. The minimum atomic E-state index is -3.67. The highest BCUT2D eigenvalue weighted by Gasteiger charge is 2.39. The zero-order valence-electron chi connectivity index (χ0n) is 17.2. The third-order valence-corrected chi connectivity index (χ3v) is 9.76. The largest absolute Gasteiger partial charge is 0.317 e. The third kappa shape index (κ3) is 3.79. The molecule has 30 heavy (non-hydrogen) atoms. The Labute approximate surface area is 184 Å². The maximum absolute atomic E-state index is 13.1. The third-order valence-electron chi connectivity index (χ3n) is 5.44. The molecule has 6 nitrogen and oxygen atoms in total. The van der Waals surface area contributed by atoms with E-state index in [-0.39, 0.29) is 10.1 Å². The van der Waals surface area contributed by atoms with Crippen LogP contribution in [0.3, 0.4) is 0 Å². The fraction of sp³-hybridized carbons (Fsp3) is 0.429. The lowest BCUT2D eigenvalue weighted by atomic mass is 10.0. The number of thiazole rings is 1. The second-order valence-electron chi connectivity index (χ2n) is 7.67. The van der Waals surface area contributed by atoms with Gasteiger partial charge in [-0.3, -0.25) is 4.79 Å². The van der Waals surface area contributed by atoms with Crippen LogP contribution >= 0.6 is 22.7 Å². The zero-order valence-corrected chi connectivity index (χ0v) is 19.7. The maximum atomic E-state index is 13.1. The molecule has 3 aromatic rings. The Balaban J connectivity index is 1.72. The normalized spacial score (nSPS) is 18.7. The summed E-state index contributed by atoms with van der Waals surface area (Å²) < 4.78 is 30.6. The number of nitrogens with zero attached hydrogens (tertiary/aromatic N) is 3. The summed E-state index contributed by atoms with van der Waals surface area (Å²) in [4.78, 5) is 18.1. The van der Waals surface area contributed by atoms with Crippen LogP contribution in [0.2, 0.25) is 0 Å². The van der Waals surface area contributed by atoms with E-state index in [9.17, 15) is 13.2 Å². The number of hydrogen-bond donors (Lipinski definition) is 0. The number of benzene rings is 1. The van der Waals surface area contributed by atoms with Crippen LogP contribution in [0.4, 0.5) is 0 Å². The molecule has 0 N–H and O–H groups in total. The molecule has 0 bridgehead atoms. The van der Waals surface area contributed by atoms with Gasteiger partial charge in [0.05, 0.1) is 10.2 Å². The summed E-state index contributed by atoms with van der Waals surface area (Å²) in [5.41, 5.74) is 2.29. The summed E-state index contributed by atoms with van der Waals surface area (Å²) in [5.74, 6) is 0.0357. The molecule has 0 aliphatic carbocycles. The van der Waals surface area contributed by atoms with Crippen LogP contribution in [-0.4, -0.2) is 35.8 Å². The van der Waals surface area contributed by atoms with Gasteiger partial charge in [0.15, 0.2) is 4.80 Å². The Kier molecular flexibility index (Phi) is 5.98. The van der Waals surface area contributed by atoms with Crippen molar-refractivity contribution in [3.8, 4) is 0 Å². The Morgan fingerprint density at radius 2 is 2.10 bits per heavy atom. The Morgan fingerprint density at radius 1 is 1.30 bits per heavy atom. The molecule has 0 saturated carbocycles. The van der Waals surface area contributed by atoms with Crippen molar-refractivity contribution in [1.82, 2.24) is 8.87 Å². The van der Waals surface area contributed by atoms with Crippen LogP contribution in [0, 0.1) is 0 Å². The van der Waals surface area contributed by atoms with E-state index in [1.54, 1.807) is 17.5 Å². The smallest absolute Gasteiger partial charge is 0.266 e. The van der Waals surface area contributed by atoms with E-state index in [1.807, 2.05) is 11.5 Å². The van der Waals surface area contributed by atoms with Crippen molar-refractivity contribution in [1.29, 1.82) is 0 Å². The van der Waals surface area contributed by atoms with Crippen molar-refractivity contribution in [3.63, 3.8) is 0 Å². The Hall–Kier alpha value is -1.81. The number of carbonyl (C=O) groups excluding carboxylic acids is 1. The number of amides is 1. The van der Waals surface area contributed by atoms with Crippen molar-refractivity contribution in [2.24, 2.45) is 4.99 Å². The van der Waals surface area contributed by atoms with E-state index in [0.717, 1.165) is 10.2 Å². The van der Waals surface area contributed by atoms with Gasteiger partial charge in [0, 0.05) is 13.1 Å². The van der Waals surface area contributed by atoms with Crippen LogP contribution in [-0.2, 0) is 21.4 Å². The molecule has 0 spiro atoms. The first-order valence-corrected chi connectivity index (χ1v) is 13.2. The summed E-state index contributed by atoms with van der Waals surface area (Å²) in [5, 5.41) is 1.73. The molecule has 1 atom stereocenters. The van der Waals surface area contributed by atoms with Crippen LogP contribution in [0.5, 0.6) is 0 Å². The number of aromatic nitrogens is 1. The van der Waals surface area contributed by atoms with Crippen molar-refractivity contribution < 1.29 is 13.2 Å². The van der Waals surface area contributed by atoms with Gasteiger partial charge in [-0.25, -0.2) is 8.42 Å². The molecule has 2 aromatic heterocycles. The average Bonchev–Trinajstić information content (AvgIpc) is 3.45. The van der Waals surface area contributed by atoms with Gasteiger partial charge in [-0.05, 0) is 54.8 Å². The predicted molar refractivity (Wildman–Crippen MR) is 121 cm³/mol. The second-order valence-corrected chi connectivity index (χ2v) is 11.7. The molecule has 1 fully saturated rings. The fourth-order valence-electron chi connectivity index (χ4n) is 3.81. The van der Waals surface area contributed by atoms with Gasteiger partial charge in [0.2, 0.25) is 0 Å². The predicted octanol–water partition coefficient (Wildman–Crippen LogP) is 4.19. The van der Waals surface area contributed by atoms with Gasteiger partial charge in [-0.1, -0.05) is 37.3 Å². The Bertz CT molecular complexity index is 1240. The molecule has 1 unspecified atom stereocenters. The number of hydrogen-bond acceptors (Lipinski definition) is 5. The molecule has 1 aromatic carbocycles. The number of carbonyl (C=O) groups is 1. The van der Waals surface area contributed by atoms with Gasteiger partial charge >= 0.3 is 0 Å². The van der Waals surface area contributed by atoms with E-state index in [4.69, 9.17) is 0 Å². The molecule has 1 aliphatic heterocycles. The number of thiophene rings is 1. The van der Waals surface area contributed by atoms with E-state index in [0.29, 0.717) is 36.7 Å². The van der Waals surface area contributed by atoms with Crippen molar-refractivity contribution in [2.75, 3.05) is 6.54 Å². The summed E-state index contributed by atoms with van der Waals surface area (Å²) >= 11 is 2.66. The number of aryl methyl sites for hydroxylation is 1. The second kappa shape index (κ2) is 8.37. The molecule has 3 heterocycles. The van der Waals surface area contributed by atoms with Crippen LogP contribution in [0.25, 0.3) is 10.2 Å². The molecular formula is C21H25N3O3S3. The maximum Gasteiger partial charge on any atom is 0.266 e. The first kappa shape index (κ1) is 21.4. The summed E-state index contributed by atoms with van der Waals surface area (Å²) in [6.45, 7) is 7.37. The van der Waals surface area contributed by atoms with Crippen LogP contribution in [0.15, 0.2) is 44.9 Å². The first-order valence-electron chi connectivity index (χ1n) is 10.1. The average molecular weight is 464 g/mol. The fourth-order valence-corrected chi connectivity index (χ4v) is 7.73. The van der Waals surface area contributed by atoms with Crippen LogP contribution in [0.1, 0.15) is 45.1 Å². The monoisotopic (exact) mass is 463 g/mol. The van der Waals surface area contributed by atoms with E-state index in [1.165, 1.54) is 32.5 Å². The van der Waals surface area contributed by atoms with Gasteiger partial charge < -0.3 is 4.57 Å². The molecular weight excluding hydrogens is 438 g/mol. The molecule has 1 saturated heterocycles. The standard InChI is InChI=1S/C21H25N3O3S3/c1-4-23-16-10-9-15(14(2)3)13-18(16)29-21(23)22-20(25)17-7-5-11-24(17)30(26,27)19-8-6-12-28-19/h6,8-10,12-14,17H,4-5,7,11H2,1-3H3. The number of fused-ring (bicyclic) bond motifs is 1. The lowest BCUT2D eigenvalue weighted by Crippen LogP contribution is -2.40. The van der Waals surface area contributed by atoms with Crippen LogP contribution < -0.4 is 4.80 Å². The molecule has 1 amide bonds. The van der Waals surface area contributed by atoms with E-state index in [2.05, 4.69) is 37.0 Å². The highest BCUT2D eigenvalue weighted by atomic mass is 32.2. The lowest BCUT2D eigenvalue weighted by molar-refractivity contribution is -0.121. The van der Waals surface area contributed by atoms with Gasteiger partial charge in [0.25, 0.3) is 15.9 Å². The minimum Gasteiger partial charge on any atom is -0.317 e. The van der Waals surface area contributed by atoms with Gasteiger partial charge in [0.1, 0.15) is 10.3 Å². The van der Waals surface area contributed by atoms with Crippen molar-refractivity contribution in [3.05, 3.63) is 46.1 Å². The summed E-state index contributed by atoms with van der Waals surface area (Å²) in [7, 11) is -3.67. The summed E-state index contributed by atoms with van der Waals surface area (Å²) in [6, 6.07) is 8.91. The molecule has 9 heteroatoms. The molecule has 1 aliphatic rings. The van der Waals surface area contributed by atoms with E-state index >= 15 is 0 Å². The quantitative estimate of drug-likeness (QED) is 0.570. The molecule has 4 rings (SSSR count). The lowest BCUT2D eigenvalue weighted by Gasteiger charge is -2.20. The summed E-state index contributed by atoms with van der Waals surface area (Å²) in [6.07, 6.45) is 1.16. The molecule has 0 radical (unpaired) electrons. The van der Waals surface area contributed by atoms with E-state index < -0.39 is 16.1 Å². The number of sulfonamides is 1. The van der Waals surface area contributed by atoms with Crippen molar-refractivity contribution in [2.45, 2.75) is 56.3 Å². The Morgan fingerprint density at radius 3 is 2.77 bits per heavy atom. The SMILES string of the molecule is CCn1c(=NC(=O)C2CCCN2S(=O)(=O)c2cccs2)sc2cc(C(C)C)ccc21. The number of rotatable bonds is 5. The molecule has 160 valence electrons.